The van der Waals surface area contributed by atoms with Crippen molar-refractivity contribution in [2.45, 2.75) is 6.04 Å². The van der Waals surface area contributed by atoms with Crippen LogP contribution in [0.2, 0.25) is 0 Å². The molecule has 0 aliphatic heterocycles. The Balaban J connectivity index is 3.46. The third-order valence-electron chi connectivity index (χ3n) is 0.758. The number of hydrogen-bond donors (Lipinski definition) is 2. The first-order valence-electron chi connectivity index (χ1n) is 2.26. The normalized spacial score (nSPS) is 12.9. The summed E-state index contributed by atoms with van der Waals surface area (Å²) in [5.74, 6) is -0.465. The van der Waals surface area contributed by atoms with Crippen LogP contribution in [0.15, 0.2) is 0 Å². The maximum Gasteiger partial charge on any atom is 0.323 e. The summed E-state index contributed by atoms with van der Waals surface area (Å²) < 4.78 is 4.26. The number of rotatable bonds is 2. The number of carbonyl (C=O) groups is 1. The fourth-order valence-corrected chi connectivity index (χ4v) is 0.248. The van der Waals surface area contributed by atoms with Crippen LogP contribution < -0.4 is 11.5 Å². The number of carbonyl (C=O) groups excluding carboxylic acids is 1. The van der Waals surface area contributed by atoms with Gasteiger partial charge in [-0.3, -0.25) is 4.79 Å². The molecule has 0 saturated carbocycles. The Morgan fingerprint density at radius 1 is 1.88 bits per heavy atom. The van der Waals surface area contributed by atoms with Crippen LogP contribution >= 0.6 is 0 Å². The van der Waals surface area contributed by atoms with Gasteiger partial charge in [-0.2, -0.15) is 0 Å². The molecule has 0 spiro atoms. The number of methoxy groups -OCH3 is 1. The first-order chi connectivity index (χ1) is 3.72. The van der Waals surface area contributed by atoms with Gasteiger partial charge in [0.25, 0.3) is 0 Å². The fourth-order valence-electron chi connectivity index (χ4n) is 0.248. The second-order valence-corrected chi connectivity index (χ2v) is 1.37. The van der Waals surface area contributed by atoms with Crippen molar-refractivity contribution in [2.75, 3.05) is 13.7 Å². The molecule has 4 heteroatoms. The molecule has 0 saturated heterocycles. The van der Waals surface area contributed by atoms with Gasteiger partial charge in [-0.25, -0.2) is 0 Å². The van der Waals surface area contributed by atoms with E-state index in [-0.39, 0.29) is 6.54 Å². The van der Waals surface area contributed by atoms with E-state index in [0.717, 1.165) is 0 Å². The maximum atomic E-state index is 10.3. The summed E-state index contributed by atoms with van der Waals surface area (Å²) in [5, 5.41) is 0. The molecule has 0 aromatic rings. The van der Waals surface area contributed by atoms with Crippen molar-refractivity contribution < 1.29 is 9.53 Å². The van der Waals surface area contributed by atoms with Gasteiger partial charge in [-0.05, 0) is 0 Å². The van der Waals surface area contributed by atoms with Crippen molar-refractivity contribution in [1.82, 2.24) is 0 Å². The smallest absolute Gasteiger partial charge is 0.323 e. The molecule has 0 bridgehead atoms. The van der Waals surface area contributed by atoms with E-state index in [2.05, 4.69) is 4.74 Å². The molecule has 48 valence electrons. The lowest BCUT2D eigenvalue weighted by molar-refractivity contribution is -0.141. The molecule has 4 N–H and O–H groups in total. The molecular weight excluding hydrogens is 108 g/mol. The second kappa shape index (κ2) is 3.40. The number of ether oxygens (including phenoxy) is 1. The minimum absolute atomic E-state index is 0.132. The average Bonchev–Trinajstić information content (AvgIpc) is 1.84. The van der Waals surface area contributed by atoms with Crippen LogP contribution in [0.4, 0.5) is 0 Å². The monoisotopic (exact) mass is 118 g/mol. The van der Waals surface area contributed by atoms with Crippen LogP contribution in [0.1, 0.15) is 0 Å². The van der Waals surface area contributed by atoms with Crippen molar-refractivity contribution in [3.05, 3.63) is 0 Å². The van der Waals surface area contributed by atoms with Crippen LogP contribution in [0, 0.1) is 0 Å². The summed E-state index contributed by atoms with van der Waals surface area (Å²) in [6.07, 6.45) is 0. The van der Waals surface area contributed by atoms with Gasteiger partial charge in [0.2, 0.25) is 0 Å². The van der Waals surface area contributed by atoms with Crippen molar-refractivity contribution in [3.8, 4) is 0 Å². The average molecular weight is 118 g/mol. The van der Waals surface area contributed by atoms with E-state index in [0.29, 0.717) is 0 Å². The molecule has 0 fully saturated rings. The summed E-state index contributed by atoms with van der Waals surface area (Å²) in [7, 11) is 1.28. The van der Waals surface area contributed by atoms with Crippen LogP contribution in [0.25, 0.3) is 0 Å². The quantitative estimate of drug-likeness (QED) is 0.430. The zero-order valence-corrected chi connectivity index (χ0v) is 4.76. The zero-order valence-electron chi connectivity index (χ0n) is 4.76. The highest BCUT2D eigenvalue weighted by atomic mass is 16.5. The Hall–Kier alpha value is -0.610. The molecule has 0 aromatic carbocycles. The van der Waals surface area contributed by atoms with Gasteiger partial charge in [0.05, 0.1) is 7.11 Å². The SMILES string of the molecule is COC(=O)[C@@H](N)CN. The van der Waals surface area contributed by atoms with E-state index < -0.39 is 12.0 Å². The second-order valence-electron chi connectivity index (χ2n) is 1.37. The van der Waals surface area contributed by atoms with E-state index in [1.54, 1.807) is 0 Å². The van der Waals surface area contributed by atoms with Crippen LogP contribution in [-0.4, -0.2) is 25.7 Å². The van der Waals surface area contributed by atoms with Crippen molar-refractivity contribution >= 4 is 5.97 Å². The zero-order chi connectivity index (χ0) is 6.57. The maximum absolute atomic E-state index is 10.3. The molecule has 0 aromatic heterocycles. The molecule has 4 nitrogen and oxygen atoms in total. The molecular formula is C4H10N2O2. The van der Waals surface area contributed by atoms with Gasteiger partial charge in [0.1, 0.15) is 6.04 Å². The van der Waals surface area contributed by atoms with E-state index in [1.807, 2.05) is 0 Å². The predicted octanol–water partition coefficient (Wildman–Crippen LogP) is -1.55. The Morgan fingerprint density at radius 3 is 2.50 bits per heavy atom. The largest absolute Gasteiger partial charge is 0.468 e. The topological polar surface area (TPSA) is 78.3 Å². The third-order valence-corrected chi connectivity index (χ3v) is 0.758. The summed E-state index contributed by atoms with van der Waals surface area (Å²) in [6, 6.07) is -0.667. The lowest BCUT2D eigenvalue weighted by atomic mass is 10.3. The van der Waals surface area contributed by atoms with Crippen LogP contribution in [0.5, 0.6) is 0 Å². The predicted molar refractivity (Wildman–Crippen MR) is 29.0 cm³/mol. The molecule has 0 radical (unpaired) electrons. The van der Waals surface area contributed by atoms with E-state index >= 15 is 0 Å². The molecule has 0 heterocycles. The standard InChI is InChI=1S/C4H10N2O2/c1-8-4(7)3(6)2-5/h3H,2,5-6H2,1H3/t3-/m0/s1. The minimum Gasteiger partial charge on any atom is -0.468 e. The highest BCUT2D eigenvalue weighted by molar-refractivity contribution is 5.75. The number of nitrogens with two attached hydrogens (primary N) is 2. The summed E-state index contributed by atoms with van der Waals surface area (Å²) >= 11 is 0. The molecule has 0 rings (SSSR count). The van der Waals surface area contributed by atoms with E-state index in [1.165, 1.54) is 7.11 Å². The molecule has 8 heavy (non-hydrogen) atoms. The Bertz CT molecular complexity index is 84.1. The summed E-state index contributed by atoms with van der Waals surface area (Å²) in [6.45, 7) is 0.132. The van der Waals surface area contributed by atoms with Crippen molar-refractivity contribution in [2.24, 2.45) is 11.5 Å². The molecule has 0 amide bonds. The Morgan fingerprint density at radius 2 is 2.38 bits per heavy atom. The molecule has 0 aliphatic carbocycles. The van der Waals surface area contributed by atoms with Gasteiger partial charge in [0.15, 0.2) is 0 Å². The molecule has 0 unspecified atom stereocenters. The summed E-state index contributed by atoms with van der Waals surface area (Å²) in [5.41, 5.74) is 10.2. The minimum atomic E-state index is -0.667. The van der Waals surface area contributed by atoms with Crippen molar-refractivity contribution in [1.29, 1.82) is 0 Å². The number of esters is 1. The lowest BCUT2D eigenvalue weighted by Gasteiger charge is -2.03. The van der Waals surface area contributed by atoms with Crippen LogP contribution in [-0.2, 0) is 9.53 Å². The third kappa shape index (κ3) is 1.90. The molecule has 1 atom stereocenters. The van der Waals surface area contributed by atoms with Gasteiger partial charge in [-0.1, -0.05) is 0 Å². The highest BCUT2D eigenvalue weighted by Crippen LogP contribution is 1.76. The molecule has 0 aliphatic rings. The van der Waals surface area contributed by atoms with Gasteiger partial charge in [-0.15, -0.1) is 0 Å². The summed E-state index contributed by atoms with van der Waals surface area (Å²) in [4.78, 5) is 10.3. The van der Waals surface area contributed by atoms with Gasteiger partial charge < -0.3 is 16.2 Å². The van der Waals surface area contributed by atoms with E-state index in [9.17, 15) is 4.79 Å². The van der Waals surface area contributed by atoms with Gasteiger partial charge >= 0.3 is 5.97 Å². The van der Waals surface area contributed by atoms with Crippen molar-refractivity contribution in [3.63, 3.8) is 0 Å². The van der Waals surface area contributed by atoms with Gasteiger partial charge in [0, 0.05) is 6.54 Å². The Kier molecular flexibility index (Phi) is 3.14. The fraction of sp³-hybridized carbons (Fsp3) is 0.750. The first-order valence-corrected chi connectivity index (χ1v) is 2.26. The van der Waals surface area contributed by atoms with E-state index in [4.69, 9.17) is 11.5 Å². The first kappa shape index (κ1) is 7.39. The van der Waals surface area contributed by atoms with Crippen LogP contribution in [0.3, 0.4) is 0 Å². The highest BCUT2D eigenvalue weighted by Gasteiger charge is 2.09. The lowest BCUT2D eigenvalue weighted by Crippen LogP contribution is -2.38. The number of hydrogen-bond acceptors (Lipinski definition) is 4. The Labute approximate surface area is 47.8 Å².